The molecule has 1 aliphatic heterocycles. The van der Waals surface area contributed by atoms with Crippen LogP contribution in [0.3, 0.4) is 0 Å². The van der Waals surface area contributed by atoms with Gasteiger partial charge in [-0.1, -0.05) is 18.2 Å². The SMILES string of the molecule is O=C(Nc1ccc(F)cc1)N(c1ccc2ncsc2c1)C1CCN(Cc2ccc(Oc3ccc(CNS(=O)[O-])cc3)nc2)CC1. The van der Waals surface area contributed by atoms with Crippen LogP contribution >= 0.6 is 11.3 Å². The first kappa shape index (κ1) is 30.7. The molecule has 1 fully saturated rings. The van der Waals surface area contributed by atoms with Crippen LogP contribution in [0.25, 0.3) is 10.2 Å². The first-order valence-electron chi connectivity index (χ1n) is 14.4. The number of aromatic nitrogens is 2. The van der Waals surface area contributed by atoms with E-state index in [4.69, 9.17) is 4.74 Å². The van der Waals surface area contributed by atoms with Crippen molar-refractivity contribution in [1.29, 1.82) is 0 Å². The molecule has 1 atom stereocenters. The van der Waals surface area contributed by atoms with Gasteiger partial charge in [-0.3, -0.25) is 14.0 Å². The van der Waals surface area contributed by atoms with Crippen molar-refractivity contribution in [3.8, 4) is 11.6 Å². The maximum Gasteiger partial charge on any atom is 0.326 e. The van der Waals surface area contributed by atoms with Gasteiger partial charge in [0.1, 0.15) is 11.6 Å². The van der Waals surface area contributed by atoms with E-state index in [1.54, 1.807) is 48.1 Å². The van der Waals surface area contributed by atoms with Gasteiger partial charge in [0.15, 0.2) is 0 Å². The minimum absolute atomic E-state index is 0.0226. The summed E-state index contributed by atoms with van der Waals surface area (Å²) >= 11 is -0.774. The molecule has 232 valence electrons. The predicted molar refractivity (Wildman–Crippen MR) is 172 cm³/mol. The molecular formula is C32H30FN6O4S2-. The Labute approximate surface area is 266 Å². The molecule has 0 spiro atoms. The summed E-state index contributed by atoms with van der Waals surface area (Å²) in [5.41, 5.74) is 5.89. The van der Waals surface area contributed by atoms with Gasteiger partial charge in [0.2, 0.25) is 5.88 Å². The second-order valence-electron chi connectivity index (χ2n) is 10.6. The van der Waals surface area contributed by atoms with Gasteiger partial charge in [-0.05, 0) is 78.6 Å². The highest BCUT2D eigenvalue weighted by Gasteiger charge is 2.30. The lowest BCUT2D eigenvalue weighted by molar-refractivity contribution is 0.199. The fourth-order valence-corrected chi connectivity index (χ4v) is 6.30. The average Bonchev–Trinajstić information content (AvgIpc) is 3.52. The molecule has 1 unspecified atom stereocenters. The van der Waals surface area contributed by atoms with Gasteiger partial charge in [0.25, 0.3) is 0 Å². The van der Waals surface area contributed by atoms with Crippen LogP contribution in [0.2, 0.25) is 0 Å². The van der Waals surface area contributed by atoms with E-state index in [2.05, 4.69) is 24.9 Å². The second-order valence-corrected chi connectivity index (χ2v) is 12.3. The number of pyridine rings is 1. The molecule has 0 radical (unpaired) electrons. The summed E-state index contributed by atoms with van der Waals surface area (Å²) in [7, 11) is 0. The molecule has 6 rings (SSSR count). The highest BCUT2D eigenvalue weighted by Crippen LogP contribution is 2.30. The first-order valence-corrected chi connectivity index (χ1v) is 16.3. The number of amides is 2. The Morgan fingerprint density at radius 3 is 2.49 bits per heavy atom. The summed E-state index contributed by atoms with van der Waals surface area (Å²) < 4.78 is 44.0. The van der Waals surface area contributed by atoms with Gasteiger partial charge in [0, 0.05) is 67.1 Å². The summed E-state index contributed by atoms with van der Waals surface area (Å²) in [5, 5.41) is 2.94. The molecule has 13 heteroatoms. The molecule has 0 saturated carbocycles. The van der Waals surface area contributed by atoms with Gasteiger partial charge >= 0.3 is 6.03 Å². The summed E-state index contributed by atoms with van der Waals surface area (Å²) in [6, 6.07) is 22.3. The number of carbonyl (C=O) groups is 1. The fraction of sp³-hybridized carbons (Fsp3) is 0.219. The summed E-state index contributed by atoms with van der Waals surface area (Å²) in [6.45, 7) is 2.53. The number of fused-ring (bicyclic) bond motifs is 1. The lowest BCUT2D eigenvalue weighted by Crippen LogP contribution is -2.49. The van der Waals surface area contributed by atoms with Gasteiger partial charge in [-0.25, -0.2) is 23.9 Å². The molecule has 2 amide bonds. The third-order valence-corrected chi connectivity index (χ3v) is 8.75. The fourth-order valence-electron chi connectivity index (χ4n) is 5.30. The van der Waals surface area contributed by atoms with Crippen molar-refractivity contribution in [3.05, 3.63) is 108 Å². The summed E-state index contributed by atoms with van der Waals surface area (Å²) in [4.78, 5) is 26.6. The third-order valence-electron chi connectivity index (χ3n) is 7.57. The van der Waals surface area contributed by atoms with Gasteiger partial charge in [0.05, 0.1) is 15.7 Å². The molecule has 3 aromatic carbocycles. The third kappa shape index (κ3) is 8.07. The lowest BCUT2D eigenvalue weighted by Gasteiger charge is -2.38. The Morgan fingerprint density at radius 1 is 1.02 bits per heavy atom. The zero-order valence-electron chi connectivity index (χ0n) is 24.1. The van der Waals surface area contributed by atoms with E-state index in [0.29, 0.717) is 17.3 Å². The quantitative estimate of drug-likeness (QED) is 0.173. The number of piperidine rings is 1. The number of rotatable bonds is 10. The molecule has 0 bridgehead atoms. The molecule has 45 heavy (non-hydrogen) atoms. The minimum atomic E-state index is -2.31. The molecular weight excluding hydrogens is 616 g/mol. The number of urea groups is 1. The smallest absolute Gasteiger partial charge is 0.326 e. The van der Waals surface area contributed by atoms with Crippen LogP contribution < -0.4 is 19.7 Å². The van der Waals surface area contributed by atoms with Gasteiger partial charge in [-0.2, -0.15) is 0 Å². The number of ether oxygens (including phenoxy) is 1. The predicted octanol–water partition coefficient (Wildman–Crippen LogP) is 6.21. The average molecular weight is 646 g/mol. The van der Waals surface area contributed by atoms with E-state index in [-0.39, 0.29) is 24.4 Å². The van der Waals surface area contributed by atoms with Crippen LogP contribution in [-0.2, 0) is 24.4 Å². The van der Waals surface area contributed by atoms with Crippen molar-refractivity contribution in [2.75, 3.05) is 23.3 Å². The molecule has 3 heterocycles. The van der Waals surface area contributed by atoms with E-state index in [9.17, 15) is 17.9 Å². The first-order chi connectivity index (χ1) is 21.9. The Kier molecular flexibility index (Phi) is 9.72. The number of nitrogens with zero attached hydrogens (tertiary/aromatic N) is 4. The standard InChI is InChI=1S/C32H31FN6O4S2/c33-24-4-6-25(7-5-24)37-32(40)39(27-8-11-29-30(17-27)44-21-35-29)26-13-15-38(16-14-26)20-23-3-12-31(34-18-23)43-28-9-1-22(2-10-28)19-36-45(41)42/h1-12,17-18,21,26,36H,13-16,19-20H2,(H,37,40)(H,41,42)/p-1. The Morgan fingerprint density at radius 2 is 1.78 bits per heavy atom. The number of likely N-dealkylation sites (tertiary alicyclic amines) is 1. The monoisotopic (exact) mass is 645 g/mol. The topological polar surface area (TPSA) is 123 Å². The number of hydrogen-bond acceptors (Lipinski definition) is 8. The highest BCUT2D eigenvalue weighted by atomic mass is 32.2. The summed E-state index contributed by atoms with van der Waals surface area (Å²) in [5.74, 6) is 0.708. The van der Waals surface area contributed by atoms with E-state index < -0.39 is 11.3 Å². The summed E-state index contributed by atoms with van der Waals surface area (Å²) in [6.07, 6.45) is 3.36. The van der Waals surface area contributed by atoms with Crippen molar-refractivity contribution in [2.24, 2.45) is 0 Å². The van der Waals surface area contributed by atoms with Crippen LogP contribution in [0, 0.1) is 5.82 Å². The van der Waals surface area contributed by atoms with E-state index in [1.165, 1.54) is 23.5 Å². The normalized spacial score (nSPS) is 14.7. The van der Waals surface area contributed by atoms with Crippen LogP contribution in [-0.4, -0.2) is 48.8 Å². The van der Waals surface area contributed by atoms with E-state index in [0.717, 1.165) is 59.5 Å². The molecule has 1 saturated heterocycles. The number of carbonyl (C=O) groups excluding carboxylic acids is 1. The molecule has 10 nitrogen and oxygen atoms in total. The van der Waals surface area contributed by atoms with Crippen molar-refractivity contribution >= 4 is 50.2 Å². The van der Waals surface area contributed by atoms with Crippen molar-refractivity contribution < 1.29 is 22.7 Å². The Bertz CT molecular complexity index is 1760. The molecule has 2 N–H and O–H groups in total. The van der Waals surface area contributed by atoms with Crippen LogP contribution in [0.15, 0.2) is 90.6 Å². The highest BCUT2D eigenvalue weighted by molar-refractivity contribution is 7.77. The second kappa shape index (κ2) is 14.2. The number of thiazole rings is 1. The number of benzene rings is 3. The minimum Gasteiger partial charge on any atom is -0.760 e. The maximum atomic E-state index is 13.6. The number of anilines is 2. The number of nitrogens with one attached hydrogen (secondary N) is 2. The molecule has 2 aromatic heterocycles. The lowest BCUT2D eigenvalue weighted by atomic mass is 10.0. The molecule has 5 aromatic rings. The van der Waals surface area contributed by atoms with Crippen LogP contribution in [0.4, 0.5) is 20.6 Å². The van der Waals surface area contributed by atoms with E-state index in [1.807, 2.05) is 35.2 Å². The number of halogens is 1. The van der Waals surface area contributed by atoms with Crippen LogP contribution in [0.1, 0.15) is 24.0 Å². The zero-order chi connectivity index (χ0) is 31.2. The maximum absolute atomic E-state index is 13.6. The molecule has 1 aliphatic rings. The zero-order valence-corrected chi connectivity index (χ0v) is 25.7. The largest absolute Gasteiger partial charge is 0.760 e. The van der Waals surface area contributed by atoms with Crippen molar-refractivity contribution in [3.63, 3.8) is 0 Å². The Balaban J connectivity index is 1.07. The van der Waals surface area contributed by atoms with Crippen LogP contribution in [0.5, 0.6) is 11.6 Å². The molecule has 0 aliphatic carbocycles. The van der Waals surface area contributed by atoms with Gasteiger partial charge in [-0.15, -0.1) is 11.3 Å². The van der Waals surface area contributed by atoms with E-state index >= 15 is 0 Å². The van der Waals surface area contributed by atoms with Gasteiger partial charge < -0.3 is 14.6 Å². The number of hydrogen-bond donors (Lipinski definition) is 2. The Hall–Kier alpha value is -4.27. The van der Waals surface area contributed by atoms with Crippen molar-refractivity contribution in [2.45, 2.75) is 32.0 Å². The van der Waals surface area contributed by atoms with Crippen molar-refractivity contribution in [1.82, 2.24) is 19.6 Å².